The standard InChI is InChI=1S/C37H31F3N4O5/c1-22(45)43-19-24(20-43)7-6-23-8-9-26(29(38)14-23)21-49-36-5-3-4-32(42-36)28-18-30(39)27(15-31(28)40)17-35-41-33-11-10-25(37(46)47)16-34(33)44(35)12-13-48-2/h3-5,8-11,14-16,18,24H,12-13,17,19-21H2,1-2H3,(H,46,47). The summed E-state index contributed by atoms with van der Waals surface area (Å²) in [6.45, 7) is 3.12. The van der Waals surface area contributed by atoms with Crippen LogP contribution in [0.25, 0.3) is 22.3 Å². The quantitative estimate of drug-likeness (QED) is 0.186. The van der Waals surface area contributed by atoms with Crippen LogP contribution >= 0.6 is 0 Å². The lowest BCUT2D eigenvalue weighted by Gasteiger charge is -2.35. The number of carbonyl (C=O) groups excluding carboxylic acids is 1. The summed E-state index contributed by atoms with van der Waals surface area (Å²) in [4.78, 5) is 33.4. The van der Waals surface area contributed by atoms with Crippen LogP contribution in [-0.4, -0.2) is 63.2 Å². The Labute approximate surface area is 279 Å². The highest BCUT2D eigenvalue weighted by molar-refractivity contribution is 5.92. The summed E-state index contributed by atoms with van der Waals surface area (Å²) >= 11 is 0. The number of nitrogens with zero attached hydrogens (tertiary/aromatic N) is 4. The molecule has 0 atom stereocenters. The average molecular weight is 669 g/mol. The zero-order chi connectivity index (χ0) is 34.7. The summed E-state index contributed by atoms with van der Waals surface area (Å²) in [5.74, 6) is 3.59. The molecule has 5 aromatic rings. The van der Waals surface area contributed by atoms with E-state index in [0.717, 1.165) is 12.1 Å². The van der Waals surface area contributed by atoms with Gasteiger partial charge in [0.1, 0.15) is 29.9 Å². The van der Waals surface area contributed by atoms with Crippen LogP contribution in [0.3, 0.4) is 0 Å². The second-order valence-electron chi connectivity index (χ2n) is 11.6. The van der Waals surface area contributed by atoms with Crippen LogP contribution < -0.4 is 4.74 Å². The molecule has 250 valence electrons. The van der Waals surface area contributed by atoms with E-state index in [0.29, 0.717) is 48.7 Å². The number of hydrogen-bond acceptors (Lipinski definition) is 6. The smallest absolute Gasteiger partial charge is 0.335 e. The number of ether oxygens (including phenoxy) is 2. The van der Waals surface area contributed by atoms with Crippen molar-refractivity contribution in [3.63, 3.8) is 0 Å². The number of fused-ring (bicyclic) bond motifs is 1. The van der Waals surface area contributed by atoms with Crippen molar-refractivity contribution in [2.45, 2.75) is 26.5 Å². The zero-order valence-electron chi connectivity index (χ0n) is 26.7. The molecule has 3 heterocycles. The molecule has 1 aliphatic rings. The van der Waals surface area contributed by atoms with Crippen LogP contribution in [0.5, 0.6) is 5.88 Å². The van der Waals surface area contributed by atoms with Crippen molar-refractivity contribution in [3.8, 4) is 29.0 Å². The molecule has 0 spiro atoms. The van der Waals surface area contributed by atoms with E-state index in [1.807, 2.05) is 0 Å². The third-order valence-electron chi connectivity index (χ3n) is 8.25. The van der Waals surface area contributed by atoms with Crippen molar-refractivity contribution in [1.82, 2.24) is 19.4 Å². The van der Waals surface area contributed by atoms with Gasteiger partial charge in [-0.2, -0.15) is 0 Å². The van der Waals surface area contributed by atoms with E-state index in [1.165, 1.54) is 44.4 Å². The number of rotatable bonds is 10. The summed E-state index contributed by atoms with van der Waals surface area (Å²) < 4.78 is 58.5. The minimum absolute atomic E-state index is 0.00748. The van der Waals surface area contributed by atoms with Crippen LogP contribution in [0, 0.1) is 35.2 Å². The number of carboxylic acids is 1. The number of amides is 1. The Balaban J connectivity index is 1.16. The first-order valence-electron chi connectivity index (χ1n) is 15.4. The number of benzene rings is 3. The Morgan fingerprint density at radius 2 is 1.76 bits per heavy atom. The first-order valence-corrected chi connectivity index (χ1v) is 15.4. The van der Waals surface area contributed by atoms with Gasteiger partial charge in [0.2, 0.25) is 11.8 Å². The Morgan fingerprint density at radius 1 is 0.959 bits per heavy atom. The largest absolute Gasteiger partial charge is 0.478 e. The lowest BCUT2D eigenvalue weighted by molar-refractivity contribution is -0.133. The molecule has 1 fully saturated rings. The fraction of sp³-hybridized carbons (Fsp3) is 0.243. The van der Waals surface area contributed by atoms with Gasteiger partial charge in [-0.3, -0.25) is 4.79 Å². The van der Waals surface area contributed by atoms with Gasteiger partial charge in [-0.25, -0.2) is 27.9 Å². The van der Waals surface area contributed by atoms with E-state index in [1.54, 1.807) is 33.7 Å². The first-order chi connectivity index (χ1) is 23.6. The van der Waals surface area contributed by atoms with Gasteiger partial charge in [0, 0.05) is 62.8 Å². The summed E-state index contributed by atoms with van der Waals surface area (Å²) in [6, 6.07) is 15.8. The predicted molar refractivity (Wildman–Crippen MR) is 174 cm³/mol. The maximum absolute atomic E-state index is 15.5. The maximum Gasteiger partial charge on any atom is 0.335 e. The number of aromatic carboxylic acids is 1. The third kappa shape index (κ3) is 7.42. The SMILES string of the molecule is COCCn1c(Cc2cc(F)c(-c3cccc(OCc4ccc(C#CC5CN(C(C)=O)C5)cc4F)n3)cc2F)nc2ccc(C(=O)O)cc21. The molecule has 1 amide bonds. The number of likely N-dealkylation sites (tertiary alicyclic amines) is 1. The van der Waals surface area contributed by atoms with Gasteiger partial charge in [0.05, 0.1) is 34.8 Å². The Bertz CT molecular complexity index is 2130. The summed E-state index contributed by atoms with van der Waals surface area (Å²) in [7, 11) is 1.53. The van der Waals surface area contributed by atoms with Crippen LogP contribution in [0.1, 0.15) is 39.8 Å². The predicted octanol–water partition coefficient (Wildman–Crippen LogP) is 5.86. The second kappa shape index (κ2) is 14.2. The average Bonchev–Trinajstić information content (AvgIpc) is 3.39. The highest BCUT2D eigenvalue weighted by Gasteiger charge is 2.26. The van der Waals surface area contributed by atoms with E-state index < -0.39 is 23.4 Å². The molecule has 0 aliphatic carbocycles. The van der Waals surface area contributed by atoms with Gasteiger partial charge in [0.25, 0.3) is 0 Å². The van der Waals surface area contributed by atoms with E-state index in [4.69, 9.17) is 9.47 Å². The summed E-state index contributed by atoms with van der Waals surface area (Å²) in [6.07, 6.45) is -0.0601. The Kier molecular flexibility index (Phi) is 9.64. The minimum Gasteiger partial charge on any atom is -0.478 e. The van der Waals surface area contributed by atoms with Gasteiger partial charge in [0.15, 0.2) is 0 Å². The molecule has 3 aromatic carbocycles. The minimum atomic E-state index is -1.09. The van der Waals surface area contributed by atoms with Crippen LogP contribution in [-0.2, 0) is 29.1 Å². The highest BCUT2D eigenvalue weighted by Crippen LogP contribution is 2.28. The highest BCUT2D eigenvalue weighted by atomic mass is 19.1. The van der Waals surface area contributed by atoms with Crippen LogP contribution in [0.4, 0.5) is 13.2 Å². The second-order valence-corrected chi connectivity index (χ2v) is 11.6. The van der Waals surface area contributed by atoms with E-state index in [9.17, 15) is 19.1 Å². The van der Waals surface area contributed by atoms with Crippen LogP contribution in [0.2, 0.25) is 0 Å². The van der Waals surface area contributed by atoms with Crippen LogP contribution in [0.15, 0.2) is 66.7 Å². The fourth-order valence-electron chi connectivity index (χ4n) is 5.51. The summed E-state index contributed by atoms with van der Waals surface area (Å²) in [5, 5.41) is 9.43. The molecule has 0 unspecified atom stereocenters. The molecule has 6 rings (SSSR count). The molecule has 12 heteroatoms. The number of pyridine rings is 1. The number of carboxylic acid groups (broad SMARTS) is 1. The number of hydrogen-bond donors (Lipinski definition) is 1. The summed E-state index contributed by atoms with van der Waals surface area (Å²) in [5.41, 5.74) is 2.00. The van der Waals surface area contributed by atoms with Crippen molar-refractivity contribution in [3.05, 3.63) is 112 Å². The van der Waals surface area contributed by atoms with Crippen molar-refractivity contribution >= 4 is 22.9 Å². The molecular weight excluding hydrogens is 637 g/mol. The topological polar surface area (TPSA) is 107 Å². The Hall–Kier alpha value is -5.67. The molecule has 1 N–H and O–H groups in total. The number of methoxy groups -OCH3 is 1. The van der Waals surface area contributed by atoms with Crippen molar-refractivity contribution in [2.75, 3.05) is 26.8 Å². The van der Waals surface area contributed by atoms with Gasteiger partial charge in [-0.1, -0.05) is 24.0 Å². The molecule has 0 bridgehead atoms. The van der Waals surface area contributed by atoms with Gasteiger partial charge in [-0.15, -0.1) is 0 Å². The number of aromatic nitrogens is 3. The number of imidazole rings is 1. The van der Waals surface area contributed by atoms with Crippen molar-refractivity contribution < 1.29 is 37.3 Å². The van der Waals surface area contributed by atoms with E-state index in [-0.39, 0.29) is 58.7 Å². The van der Waals surface area contributed by atoms with E-state index >= 15 is 8.78 Å². The molecule has 1 saturated heterocycles. The van der Waals surface area contributed by atoms with Crippen molar-refractivity contribution in [1.29, 1.82) is 0 Å². The number of halogens is 3. The van der Waals surface area contributed by atoms with Crippen molar-refractivity contribution in [2.24, 2.45) is 5.92 Å². The third-order valence-corrected chi connectivity index (χ3v) is 8.25. The molecule has 0 saturated carbocycles. The lowest BCUT2D eigenvalue weighted by atomic mass is 10.0. The molecule has 1 aliphatic heterocycles. The van der Waals surface area contributed by atoms with Gasteiger partial charge in [-0.05, 0) is 54.1 Å². The first kappa shape index (κ1) is 33.2. The lowest BCUT2D eigenvalue weighted by Crippen LogP contribution is -2.48. The molecule has 49 heavy (non-hydrogen) atoms. The molecule has 0 radical (unpaired) electrons. The van der Waals surface area contributed by atoms with E-state index in [2.05, 4.69) is 21.8 Å². The maximum atomic E-state index is 15.5. The van der Waals surface area contributed by atoms with Gasteiger partial charge < -0.3 is 24.0 Å². The zero-order valence-corrected chi connectivity index (χ0v) is 26.7. The normalized spacial score (nSPS) is 12.8. The molecule has 9 nitrogen and oxygen atoms in total. The number of carbonyl (C=O) groups is 2. The monoisotopic (exact) mass is 668 g/mol. The fourth-order valence-corrected chi connectivity index (χ4v) is 5.51. The Morgan fingerprint density at radius 3 is 2.49 bits per heavy atom. The van der Waals surface area contributed by atoms with Gasteiger partial charge >= 0.3 is 5.97 Å². The molecular formula is C37H31F3N4O5. The molecule has 2 aromatic heterocycles.